The van der Waals surface area contributed by atoms with Gasteiger partial charge < -0.3 is 15.5 Å². The van der Waals surface area contributed by atoms with E-state index >= 15 is 0 Å². The Kier molecular flexibility index (Phi) is 5.01. The molecule has 0 radical (unpaired) electrons. The summed E-state index contributed by atoms with van der Waals surface area (Å²) in [5, 5.41) is 6.37. The zero-order valence-electron chi connectivity index (χ0n) is 12.7. The first kappa shape index (κ1) is 14.9. The number of anilines is 1. The third kappa shape index (κ3) is 3.97. The number of rotatable bonds is 5. The number of nitrogens with zero attached hydrogens (tertiary/aromatic N) is 1. The van der Waals surface area contributed by atoms with Crippen LogP contribution in [0, 0.1) is 12.8 Å². The summed E-state index contributed by atoms with van der Waals surface area (Å²) in [4.78, 5) is 13.7. The molecule has 1 aromatic carbocycles. The van der Waals surface area contributed by atoms with Gasteiger partial charge in [0.15, 0.2) is 0 Å². The van der Waals surface area contributed by atoms with Gasteiger partial charge >= 0.3 is 0 Å². The van der Waals surface area contributed by atoms with Gasteiger partial charge in [0, 0.05) is 25.3 Å². The number of nitrogens with one attached hydrogen (secondary N) is 2. The van der Waals surface area contributed by atoms with E-state index in [0.717, 1.165) is 26.2 Å². The zero-order valence-corrected chi connectivity index (χ0v) is 12.7. The fraction of sp³-hybridized carbons (Fsp3) is 0.562. The monoisotopic (exact) mass is 275 g/mol. The van der Waals surface area contributed by atoms with Crippen molar-refractivity contribution in [1.29, 1.82) is 0 Å². The second-order valence-electron chi connectivity index (χ2n) is 5.93. The van der Waals surface area contributed by atoms with Gasteiger partial charge in [0.2, 0.25) is 5.91 Å². The molecule has 4 heteroatoms. The van der Waals surface area contributed by atoms with Crippen molar-refractivity contribution >= 4 is 11.6 Å². The molecule has 110 valence electrons. The van der Waals surface area contributed by atoms with Crippen LogP contribution in [0.2, 0.25) is 0 Å². The Hall–Kier alpha value is -1.55. The molecule has 2 rings (SSSR count). The number of benzene rings is 1. The third-order valence-corrected chi connectivity index (χ3v) is 3.48. The van der Waals surface area contributed by atoms with E-state index in [4.69, 9.17) is 0 Å². The minimum atomic E-state index is 0.109. The number of piperazine rings is 1. The summed E-state index contributed by atoms with van der Waals surface area (Å²) in [6.45, 7) is 10.5. The number of carbonyl (C=O) groups is 1. The molecule has 1 saturated heterocycles. The standard InChI is InChI=1S/C16H25N3O/c1-12(2)9-17-10-14-8-13(3)4-5-15(14)19-7-6-18-16(20)11-19/h4-5,8,12,17H,6-7,9-11H2,1-3H3,(H,18,20). The van der Waals surface area contributed by atoms with Crippen molar-refractivity contribution in [3.63, 3.8) is 0 Å². The molecule has 2 N–H and O–H groups in total. The molecule has 0 bridgehead atoms. The molecule has 1 amide bonds. The van der Waals surface area contributed by atoms with E-state index in [1.54, 1.807) is 0 Å². The van der Waals surface area contributed by atoms with Crippen LogP contribution in [0.5, 0.6) is 0 Å². The van der Waals surface area contributed by atoms with Crippen LogP contribution in [0.4, 0.5) is 5.69 Å². The highest BCUT2D eigenvalue weighted by Gasteiger charge is 2.18. The molecule has 1 aromatic rings. The molecule has 20 heavy (non-hydrogen) atoms. The lowest BCUT2D eigenvalue weighted by Crippen LogP contribution is -2.48. The van der Waals surface area contributed by atoms with E-state index < -0.39 is 0 Å². The van der Waals surface area contributed by atoms with Crippen molar-refractivity contribution < 1.29 is 4.79 Å². The number of amides is 1. The molecule has 0 spiro atoms. The Morgan fingerprint density at radius 3 is 2.90 bits per heavy atom. The fourth-order valence-corrected chi connectivity index (χ4v) is 2.50. The minimum absolute atomic E-state index is 0.109. The molecule has 0 saturated carbocycles. The van der Waals surface area contributed by atoms with Gasteiger partial charge in [-0.15, -0.1) is 0 Å². The van der Waals surface area contributed by atoms with Gasteiger partial charge in [-0.2, -0.15) is 0 Å². The van der Waals surface area contributed by atoms with Crippen molar-refractivity contribution in [3.8, 4) is 0 Å². The number of hydrogen-bond acceptors (Lipinski definition) is 3. The van der Waals surface area contributed by atoms with E-state index in [1.165, 1.54) is 16.8 Å². The summed E-state index contributed by atoms with van der Waals surface area (Å²) in [7, 11) is 0. The van der Waals surface area contributed by atoms with Crippen LogP contribution in [-0.4, -0.2) is 32.1 Å². The Morgan fingerprint density at radius 1 is 1.40 bits per heavy atom. The molecule has 4 nitrogen and oxygen atoms in total. The molecule has 1 fully saturated rings. The maximum atomic E-state index is 11.6. The second kappa shape index (κ2) is 6.75. The first-order valence-electron chi connectivity index (χ1n) is 7.38. The Morgan fingerprint density at radius 2 is 2.20 bits per heavy atom. The summed E-state index contributed by atoms with van der Waals surface area (Å²) in [5.74, 6) is 0.752. The summed E-state index contributed by atoms with van der Waals surface area (Å²) in [5.41, 5.74) is 3.72. The fourth-order valence-electron chi connectivity index (χ4n) is 2.50. The topological polar surface area (TPSA) is 44.4 Å². The van der Waals surface area contributed by atoms with Crippen molar-refractivity contribution in [2.45, 2.75) is 27.3 Å². The van der Waals surface area contributed by atoms with E-state index in [9.17, 15) is 4.79 Å². The SMILES string of the molecule is Cc1ccc(N2CCNC(=O)C2)c(CNCC(C)C)c1. The lowest BCUT2D eigenvalue weighted by molar-refractivity contribution is -0.120. The number of carbonyl (C=O) groups excluding carboxylic acids is 1. The second-order valence-corrected chi connectivity index (χ2v) is 5.93. The van der Waals surface area contributed by atoms with Crippen molar-refractivity contribution in [2.24, 2.45) is 5.92 Å². The van der Waals surface area contributed by atoms with Gasteiger partial charge in [0.05, 0.1) is 6.54 Å². The van der Waals surface area contributed by atoms with Gasteiger partial charge in [0.25, 0.3) is 0 Å². The molecule has 0 unspecified atom stereocenters. The summed E-state index contributed by atoms with van der Waals surface area (Å²) in [6, 6.07) is 6.48. The first-order chi connectivity index (χ1) is 9.56. The van der Waals surface area contributed by atoms with Gasteiger partial charge in [-0.3, -0.25) is 4.79 Å². The van der Waals surface area contributed by atoms with E-state index in [-0.39, 0.29) is 5.91 Å². The highest BCUT2D eigenvalue weighted by atomic mass is 16.2. The predicted octanol–water partition coefficient (Wildman–Crippen LogP) is 1.68. The van der Waals surface area contributed by atoms with Crippen LogP contribution in [0.3, 0.4) is 0 Å². The average Bonchev–Trinajstić information content (AvgIpc) is 2.38. The largest absolute Gasteiger partial charge is 0.360 e. The number of aryl methyl sites for hydroxylation is 1. The number of hydrogen-bond donors (Lipinski definition) is 2. The molecular weight excluding hydrogens is 250 g/mol. The van der Waals surface area contributed by atoms with E-state index in [1.807, 2.05) is 0 Å². The van der Waals surface area contributed by atoms with Crippen LogP contribution in [0.1, 0.15) is 25.0 Å². The van der Waals surface area contributed by atoms with Gasteiger partial charge in [-0.1, -0.05) is 31.5 Å². The van der Waals surface area contributed by atoms with Crippen molar-refractivity contribution in [3.05, 3.63) is 29.3 Å². The summed E-state index contributed by atoms with van der Waals surface area (Å²) in [6.07, 6.45) is 0. The Bertz CT molecular complexity index is 471. The lowest BCUT2D eigenvalue weighted by Gasteiger charge is -2.30. The maximum Gasteiger partial charge on any atom is 0.239 e. The van der Waals surface area contributed by atoms with Crippen LogP contribution < -0.4 is 15.5 Å². The quantitative estimate of drug-likeness (QED) is 0.859. The smallest absolute Gasteiger partial charge is 0.239 e. The van der Waals surface area contributed by atoms with Crippen molar-refractivity contribution in [1.82, 2.24) is 10.6 Å². The third-order valence-electron chi connectivity index (χ3n) is 3.48. The predicted molar refractivity (Wildman–Crippen MR) is 82.9 cm³/mol. The van der Waals surface area contributed by atoms with Gasteiger partial charge in [-0.05, 0) is 31.0 Å². The zero-order chi connectivity index (χ0) is 14.5. The molecule has 1 aliphatic rings. The van der Waals surface area contributed by atoms with Crippen LogP contribution >= 0.6 is 0 Å². The molecule has 0 aliphatic carbocycles. The Balaban J connectivity index is 2.12. The van der Waals surface area contributed by atoms with E-state index in [0.29, 0.717) is 12.5 Å². The minimum Gasteiger partial charge on any atom is -0.360 e. The molecule has 0 atom stereocenters. The van der Waals surface area contributed by atoms with Gasteiger partial charge in [0.1, 0.15) is 0 Å². The highest BCUT2D eigenvalue weighted by Crippen LogP contribution is 2.22. The normalized spacial score (nSPS) is 15.6. The molecule has 0 aromatic heterocycles. The van der Waals surface area contributed by atoms with E-state index in [2.05, 4.69) is 54.5 Å². The molecule has 1 heterocycles. The summed E-state index contributed by atoms with van der Waals surface area (Å²) >= 11 is 0. The molecule has 1 aliphatic heterocycles. The first-order valence-corrected chi connectivity index (χ1v) is 7.38. The van der Waals surface area contributed by atoms with Crippen LogP contribution in [0.25, 0.3) is 0 Å². The van der Waals surface area contributed by atoms with Gasteiger partial charge in [-0.25, -0.2) is 0 Å². The van der Waals surface area contributed by atoms with Crippen LogP contribution in [0.15, 0.2) is 18.2 Å². The molecular formula is C16H25N3O. The van der Waals surface area contributed by atoms with Crippen molar-refractivity contribution in [2.75, 3.05) is 31.1 Å². The highest BCUT2D eigenvalue weighted by molar-refractivity contribution is 5.83. The summed E-state index contributed by atoms with van der Waals surface area (Å²) < 4.78 is 0. The van der Waals surface area contributed by atoms with Crippen LogP contribution in [-0.2, 0) is 11.3 Å². The average molecular weight is 275 g/mol. The lowest BCUT2D eigenvalue weighted by atomic mass is 10.1. The maximum absolute atomic E-state index is 11.6. The Labute approximate surface area is 121 Å².